The molecule has 1 aliphatic rings. The van der Waals surface area contributed by atoms with E-state index < -0.39 is 31.5 Å². The molecule has 1 atom stereocenters. The third kappa shape index (κ3) is 5.83. The third-order valence-electron chi connectivity index (χ3n) is 5.44. The van der Waals surface area contributed by atoms with Crippen molar-refractivity contribution >= 4 is 24.9 Å². The molecule has 0 aliphatic carbocycles. The van der Waals surface area contributed by atoms with Crippen LogP contribution in [-0.2, 0) is 28.9 Å². The van der Waals surface area contributed by atoms with Crippen molar-refractivity contribution < 1.29 is 27.8 Å². The Morgan fingerprint density at radius 1 is 1.25 bits per heavy atom. The van der Waals surface area contributed by atoms with Crippen LogP contribution in [0.15, 0.2) is 48.2 Å². The summed E-state index contributed by atoms with van der Waals surface area (Å²) in [7, 11) is -1.34. The number of rotatable bonds is 8. The van der Waals surface area contributed by atoms with Crippen LogP contribution in [0.4, 0.5) is 13.2 Å². The van der Waals surface area contributed by atoms with Crippen molar-refractivity contribution in [3.05, 3.63) is 59.4 Å². The fourth-order valence-corrected chi connectivity index (χ4v) is 4.51. The second-order valence-electron chi connectivity index (χ2n) is 9.67. The number of aliphatic carboxylic acids is 1. The minimum absolute atomic E-state index is 0.156. The van der Waals surface area contributed by atoms with Crippen molar-refractivity contribution in [3.63, 3.8) is 0 Å². The van der Waals surface area contributed by atoms with Crippen LogP contribution in [0.2, 0.25) is 25.7 Å². The van der Waals surface area contributed by atoms with Crippen LogP contribution in [0.3, 0.4) is 0 Å². The maximum absolute atomic E-state index is 13.7. The molecule has 9 heteroatoms. The van der Waals surface area contributed by atoms with Crippen LogP contribution >= 0.6 is 0 Å². The lowest BCUT2D eigenvalue weighted by Crippen LogP contribution is -2.41. The largest absolute Gasteiger partial charge is 0.478 e. The second kappa shape index (κ2) is 8.78. The summed E-state index contributed by atoms with van der Waals surface area (Å²) in [6.45, 7) is 8.70. The summed E-state index contributed by atoms with van der Waals surface area (Å²) in [4.78, 5) is 11.3. The number of fused-ring (bicyclic) bond motifs is 1. The normalized spacial score (nSPS) is 19.2. The van der Waals surface area contributed by atoms with Gasteiger partial charge in [-0.3, -0.25) is 0 Å². The molecule has 5 nitrogen and oxygen atoms in total. The Morgan fingerprint density at radius 3 is 2.59 bits per heavy atom. The summed E-state index contributed by atoms with van der Waals surface area (Å²) >= 11 is 0. The molecule has 0 saturated heterocycles. The van der Waals surface area contributed by atoms with E-state index in [1.165, 1.54) is 10.6 Å². The maximum atomic E-state index is 13.7. The summed E-state index contributed by atoms with van der Waals surface area (Å²) in [6.07, 6.45) is 0.604. The third-order valence-corrected chi connectivity index (χ3v) is 7.15. The lowest BCUT2D eigenvalue weighted by molar-refractivity contribution is -0.145. The monoisotopic (exact) mass is 466 g/mol. The highest BCUT2D eigenvalue weighted by Gasteiger charge is 2.35. The van der Waals surface area contributed by atoms with Gasteiger partial charge in [-0.05, 0) is 61.5 Å². The molecule has 0 bridgehead atoms. The van der Waals surface area contributed by atoms with Crippen LogP contribution in [0.25, 0.3) is 10.9 Å². The van der Waals surface area contributed by atoms with Gasteiger partial charge in [0.25, 0.3) is 0 Å². The average molecular weight is 467 g/mol. The molecule has 0 radical (unpaired) electrons. The quantitative estimate of drug-likeness (QED) is 0.404. The van der Waals surface area contributed by atoms with E-state index in [1.54, 1.807) is 30.5 Å². The molecule has 0 fully saturated rings. The molecule has 32 heavy (non-hydrogen) atoms. The summed E-state index contributed by atoms with van der Waals surface area (Å²) < 4.78 is 47.9. The Balaban J connectivity index is 1.87. The van der Waals surface area contributed by atoms with Gasteiger partial charge in [0.05, 0.1) is 16.6 Å². The van der Waals surface area contributed by atoms with E-state index in [4.69, 9.17) is 4.74 Å². The number of halogens is 3. The molecule has 1 aromatic heterocycles. The number of carboxylic acids is 1. The predicted molar refractivity (Wildman–Crippen MR) is 121 cm³/mol. The highest BCUT2D eigenvalue weighted by Crippen LogP contribution is 2.35. The SMILES string of the molecule is CC1(Cc2ccc3c(c2)cc(C(F)(F)F)n3COCC[Si](C)(C)C)C=C(C(=O)O)C=CN1. The van der Waals surface area contributed by atoms with Crippen LogP contribution in [0.1, 0.15) is 18.2 Å². The van der Waals surface area contributed by atoms with Gasteiger partial charge in [-0.15, -0.1) is 0 Å². The van der Waals surface area contributed by atoms with Crippen LogP contribution < -0.4 is 5.32 Å². The van der Waals surface area contributed by atoms with Gasteiger partial charge in [0, 0.05) is 20.1 Å². The molecule has 0 saturated carbocycles. The zero-order chi connectivity index (χ0) is 23.7. The van der Waals surface area contributed by atoms with Crippen molar-refractivity contribution in [3.8, 4) is 0 Å². The summed E-state index contributed by atoms with van der Waals surface area (Å²) in [5, 5.41) is 12.9. The molecule has 2 aromatic rings. The Bertz CT molecular complexity index is 1070. The maximum Gasteiger partial charge on any atom is 0.431 e. The molecule has 3 rings (SSSR count). The van der Waals surface area contributed by atoms with Crippen molar-refractivity contribution in [2.24, 2.45) is 0 Å². The number of nitrogens with one attached hydrogen (secondary N) is 1. The minimum atomic E-state index is -4.50. The predicted octanol–water partition coefficient (Wildman–Crippen LogP) is 5.40. The van der Waals surface area contributed by atoms with Gasteiger partial charge in [0.2, 0.25) is 0 Å². The first kappa shape index (κ1) is 24.1. The topological polar surface area (TPSA) is 63.5 Å². The Morgan fingerprint density at radius 2 is 1.97 bits per heavy atom. The lowest BCUT2D eigenvalue weighted by Gasteiger charge is -2.30. The van der Waals surface area contributed by atoms with Gasteiger partial charge in [0.1, 0.15) is 12.4 Å². The number of ether oxygens (including phenoxy) is 1. The van der Waals surface area contributed by atoms with Gasteiger partial charge < -0.3 is 19.7 Å². The Labute approximate surface area is 186 Å². The van der Waals surface area contributed by atoms with Gasteiger partial charge in [-0.25, -0.2) is 4.79 Å². The first-order chi connectivity index (χ1) is 14.8. The number of alkyl halides is 3. The molecular weight excluding hydrogens is 437 g/mol. The van der Waals surface area contributed by atoms with Crippen molar-refractivity contribution in [1.82, 2.24) is 9.88 Å². The van der Waals surface area contributed by atoms with E-state index in [-0.39, 0.29) is 12.3 Å². The van der Waals surface area contributed by atoms with Gasteiger partial charge in [-0.2, -0.15) is 13.2 Å². The summed E-state index contributed by atoms with van der Waals surface area (Å²) in [6, 6.07) is 7.20. The highest BCUT2D eigenvalue weighted by molar-refractivity contribution is 6.76. The molecule has 2 heterocycles. The number of nitrogens with zero attached hydrogens (tertiary/aromatic N) is 1. The number of dihydropyridines is 1. The minimum Gasteiger partial charge on any atom is -0.478 e. The fourth-order valence-electron chi connectivity index (χ4n) is 3.75. The molecule has 1 unspecified atom stereocenters. The van der Waals surface area contributed by atoms with Crippen molar-refractivity contribution in [1.29, 1.82) is 0 Å². The van der Waals surface area contributed by atoms with Gasteiger partial charge in [-0.1, -0.05) is 25.7 Å². The Hall–Kier alpha value is -2.52. The van der Waals surface area contributed by atoms with Crippen molar-refractivity contribution in [2.45, 2.75) is 57.5 Å². The smallest absolute Gasteiger partial charge is 0.431 e. The highest BCUT2D eigenvalue weighted by atomic mass is 28.3. The second-order valence-corrected chi connectivity index (χ2v) is 15.3. The first-order valence-corrected chi connectivity index (χ1v) is 14.2. The zero-order valence-electron chi connectivity index (χ0n) is 18.7. The number of hydrogen-bond donors (Lipinski definition) is 2. The molecule has 174 valence electrons. The number of carbonyl (C=O) groups is 1. The van der Waals surface area contributed by atoms with E-state index in [2.05, 4.69) is 25.0 Å². The van der Waals surface area contributed by atoms with Crippen LogP contribution in [-0.4, -0.2) is 35.9 Å². The lowest BCUT2D eigenvalue weighted by atomic mass is 9.88. The molecule has 1 aromatic carbocycles. The number of hydrogen-bond acceptors (Lipinski definition) is 3. The fraction of sp³-hybridized carbons (Fsp3) is 0.435. The van der Waals surface area contributed by atoms with E-state index in [0.29, 0.717) is 23.9 Å². The summed E-state index contributed by atoms with van der Waals surface area (Å²) in [5.74, 6) is -1.02. The number of carboxylic acid groups (broad SMARTS) is 1. The molecule has 2 N–H and O–H groups in total. The molecule has 1 aliphatic heterocycles. The standard InChI is InChI=1S/C23H29F3N2O3Si/c1-22(14-17(21(29)30)7-8-27-22)13-16-5-6-19-18(11-16)12-20(23(24,25)26)28(19)15-31-9-10-32(2,3)4/h5-8,11-12,14,27H,9-10,13,15H2,1-4H3,(H,29,30). The molecular formula is C23H29F3N2O3Si. The first-order valence-electron chi connectivity index (χ1n) is 10.4. The van der Waals surface area contributed by atoms with E-state index in [0.717, 1.165) is 17.7 Å². The molecule has 0 spiro atoms. The average Bonchev–Trinajstić information content (AvgIpc) is 3.02. The van der Waals surface area contributed by atoms with E-state index >= 15 is 0 Å². The van der Waals surface area contributed by atoms with Gasteiger partial charge in [0.15, 0.2) is 0 Å². The number of benzene rings is 1. The van der Waals surface area contributed by atoms with E-state index in [9.17, 15) is 23.1 Å². The zero-order valence-corrected chi connectivity index (χ0v) is 19.7. The molecule has 0 amide bonds. The van der Waals surface area contributed by atoms with Crippen LogP contribution in [0, 0.1) is 0 Å². The summed E-state index contributed by atoms with van der Waals surface area (Å²) in [5.41, 5.74) is 0.0293. The van der Waals surface area contributed by atoms with E-state index in [1.807, 2.05) is 6.92 Å². The Kier molecular flexibility index (Phi) is 6.62. The van der Waals surface area contributed by atoms with Crippen molar-refractivity contribution in [2.75, 3.05) is 6.61 Å². The van der Waals surface area contributed by atoms with Crippen LogP contribution in [0.5, 0.6) is 0 Å². The number of aromatic nitrogens is 1. The van der Waals surface area contributed by atoms with Gasteiger partial charge >= 0.3 is 12.1 Å².